The van der Waals surface area contributed by atoms with E-state index in [0.717, 1.165) is 54.5 Å². The minimum absolute atomic E-state index is 0.643. The average Bonchev–Trinajstić information content (AvgIpc) is 3.23. The Morgan fingerprint density at radius 1 is 0.966 bits per heavy atom. The third kappa shape index (κ3) is 3.45. The smallest absolute Gasteiger partial charge is 0.159 e. The van der Waals surface area contributed by atoms with Gasteiger partial charge in [-0.2, -0.15) is 0 Å². The number of ether oxygens (including phenoxy) is 2. The zero-order chi connectivity index (χ0) is 19.6. The van der Waals surface area contributed by atoms with Gasteiger partial charge >= 0.3 is 0 Å². The molecule has 0 bridgehead atoms. The van der Waals surface area contributed by atoms with E-state index in [0.29, 0.717) is 18.1 Å². The van der Waals surface area contributed by atoms with Crippen LogP contribution in [0.2, 0.25) is 0 Å². The summed E-state index contributed by atoms with van der Waals surface area (Å²) >= 11 is 0. The van der Waals surface area contributed by atoms with Crippen LogP contribution in [-0.4, -0.2) is 54.1 Å². The molecular formula is C22H21N5O2. The highest BCUT2D eigenvalue weighted by Crippen LogP contribution is 2.28. The average molecular weight is 387 g/mol. The third-order valence-electron chi connectivity index (χ3n) is 5.25. The molecule has 2 aromatic heterocycles. The number of pyridine rings is 1. The summed E-state index contributed by atoms with van der Waals surface area (Å²) in [5.74, 6) is 2.28. The second-order valence-corrected chi connectivity index (χ2v) is 6.99. The number of methoxy groups -OCH3 is 1. The van der Waals surface area contributed by atoms with Crippen molar-refractivity contribution in [3.8, 4) is 17.1 Å². The molecule has 0 amide bonds. The number of rotatable bonds is 4. The van der Waals surface area contributed by atoms with Gasteiger partial charge in [-0.3, -0.25) is 4.99 Å². The van der Waals surface area contributed by atoms with Crippen molar-refractivity contribution < 1.29 is 9.47 Å². The van der Waals surface area contributed by atoms with E-state index in [1.165, 1.54) is 5.56 Å². The van der Waals surface area contributed by atoms with Crippen molar-refractivity contribution in [3.63, 3.8) is 0 Å². The lowest BCUT2D eigenvalue weighted by Crippen LogP contribution is -2.36. The Hall–Kier alpha value is -3.32. The van der Waals surface area contributed by atoms with E-state index < -0.39 is 0 Å². The molecule has 3 aromatic rings. The molecule has 146 valence electrons. The maximum atomic E-state index is 5.45. The lowest BCUT2D eigenvalue weighted by Gasteiger charge is -2.28. The van der Waals surface area contributed by atoms with Gasteiger partial charge in [-0.25, -0.2) is 15.0 Å². The van der Waals surface area contributed by atoms with Crippen molar-refractivity contribution in [2.24, 2.45) is 4.99 Å². The van der Waals surface area contributed by atoms with E-state index >= 15 is 0 Å². The van der Waals surface area contributed by atoms with Gasteiger partial charge in [0, 0.05) is 36.0 Å². The van der Waals surface area contributed by atoms with Crippen LogP contribution in [0.15, 0.2) is 53.9 Å². The second-order valence-electron chi connectivity index (χ2n) is 6.99. The summed E-state index contributed by atoms with van der Waals surface area (Å²) in [5.41, 5.74) is 5.37. The van der Waals surface area contributed by atoms with E-state index in [-0.39, 0.29) is 0 Å². The molecule has 0 radical (unpaired) electrons. The van der Waals surface area contributed by atoms with Crippen LogP contribution in [0, 0.1) is 0 Å². The number of hydrogen-bond acceptors (Lipinski definition) is 7. The largest absolute Gasteiger partial charge is 0.494 e. The van der Waals surface area contributed by atoms with Gasteiger partial charge < -0.3 is 14.4 Å². The van der Waals surface area contributed by atoms with E-state index in [2.05, 4.69) is 38.1 Å². The Bertz CT molecular complexity index is 1060. The van der Waals surface area contributed by atoms with Crippen LogP contribution in [0.4, 0.5) is 5.82 Å². The predicted molar refractivity (Wildman–Crippen MR) is 111 cm³/mol. The molecule has 0 saturated carbocycles. The first-order valence-electron chi connectivity index (χ1n) is 9.65. The van der Waals surface area contributed by atoms with Crippen molar-refractivity contribution in [3.05, 3.63) is 65.6 Å². The first-order valence-corrected chi connectivity index (χ1v) is 9.65. The highest BCUT2D eigenvalue weighted by atomic mass is 16.5. The molecule has 7 nitrogen and oxygen atoms in total. The van der Waals surface area contributed by atoms with Crippen LogP contribution >= 0.6 is 0 Å². The lowest BCUT2D eigenvalue weighted by molar-refractivity contribution is 0.122. The molecular weight excluding hydrogens is 366 g/mol. The lowest BCUT2D eigenvalue weighted by atomic mass is 9.98. The summed E-state index contributed by atoms with van der Waals surface area (Å²) in [6.07, 6.45) is 5.22. The summed E-state index contributed by atoms with van der Waals surface area (Å²) in [6.45, 7) is 3.88. The Kier molecular flexibility index (Phi) is 4.65. The SMILES string of the molecule is COc1cnc(-c2ccc3c(c2)C(c2ccnc(N4CCOCC4)c2)=NC3)nc1. The molecule has 5 rings (SSSR count). The number of hydrogen-bond donors (Lipinski definition) is 0. The van der Waals surface area contributed by atoms with Crippen molar-refractivity contribution >= 4 is 11.5 Å². The predicted octanol–water partition coefficient (Wildman–Crippen LogP) is 2.73. The van der Waals surface area contributed by atoms with Crippen LogP contribution in [-0.2, 0) is 11.3 Å². The van der Waals surface area contributed by atoms with Crippen molar-refractivity contribution in [2.45, 2.75) is 6.54 Å². The molecule has 1 fully saturated rings. The van der Waals surface area contributed by atoms with Crippen LogP contribution in [0.1, 0.15) is 16.7 Å². The Balaban J connectivity index is 1.47. The molecule has 0 atom stereocenters. The van der Waals surface area contributed by atoms with Gasteiger partial charge in [-0.15, -0.1) is 0 Å². The van der Waals surface area contributed by atoms with Gasteiger partial charge in [-0.1, -0.05) is 12.1 Å². The van der Waals surface area contributed by atoms with Crippen LogP contribution in [0.5, 0.6) is 5.75 Å². The summed E-state index contributed by atoms with van der Waals surface area (Å²) in [7, 11) is 1.61. The van der Waals surface area contributed by atoms with E-state index in [4.69, 9.17) is 14.5 Å². The standard InChI is InChI=1S/C22H21N5O2/c1-28-18-13-25-22(26-14-18)16-2-3-17-12-24-21(19(17)10-16)15-4-5-23-20(11-15)27-6-8-29-9-7-27/h2-5,10-11,13-14H,6-9,12H2,1H3. The number of fused-ring (bicyclic) bond motifs is 1. The summed E-state index contributed by atoms with van der Waals surface area (Å²) in [4.78, 5) is 20.4. The maximum Gasteiger partial charge on any atom is 0.159 e. The first kappa shape index (κ1) is 17.8. The Morgan fingerprint density at radius 2 is 1.79 bits per heavy atom. The fourth-order valence-electron chi connectivity index (χ4n) is 3.67. The van der Waals surface area contributed by atoms with Crippen molar-refractivity contribution in [1.29, 1.82) is 0 Å². The summed E-state index contributed by atoms with van der Waals surface area (Å²) in [6, 6.07) is 10.4. The van der Waals surface area contributed by atoms with Gasteiger partial charge in [0.25, 0.3) is 0 Å². The van der Waals surface area contributed by atoms with Gasteiger partial charge in [0.1, 0.15) is 5.82 Å². The molecule has 0 spiro atoms. The quantitative estimate of drug-likeness (QED) is 0.685. The fourth-order valence-corrected chi connectivity index (χ4v) is 3.67. The number of nitrogens with zero attached hydrogens (tertiary/aromatic N) is 5. The minimum Gasteiger partial charge on any atom is -0.494 e. The van der Waals surface area contributed by atoms with Crippen LogP contribution in [0.25, 0.3) is 11.4 Å². The Morgan fingerprint density at radius 3 is 2.59 bits per heavy atom. The highest BCUT2D eigenvalue weighted by molar-refractivity contribution is 6.15. The molecule has 1 saturated heterocycles. The number of morpholine rings is 1. The molecule has 0 aliphatic carbocycles. The zero-order valence-electron chi connectivity index (χ0n) is 16.2. The molecule has 1 aromatic carbocycles. The van der Waals surface area contributed by atoms with Crippen molar-refractivity contribution in [1.82, 2.24) is 15.0 Å². The minimum atomic E-state index is 0.643. The van der Waals surface area contributed by atoms with E-state index in [9.17, 15) is 0 Å². The van der Waals surface area contributed by atoms with Crippen LogP contribution < -0.4 is 9.64 Å². The molecule has 0 N–H and O–H groups in total. The molecule has 2 aliphatic rings. The highest BCUT2D eigenvalue weighted by Gasteiger charge is 2.20. The monoisotopic (exact) mass is 387 g/mol. The second kappa shape index (κ2) is 7.60. The number of aromatic nitrogens is 3. The van der Waals surface area contributed by atoms with Gasteiger partial charge in [0.05, 0.1) is 45.0 Å². The molecule has 4 heterocycles. The maximum absolute atomic E-state index is 5.45. The molecule has 2 aliphatic heterocycles. The van der Waals surface area contributed by atoms with E-state index in [1.807, 2.05) is 18.3 Å². The molecule has 29 heavy (non-hydrogen) atoms. The van der Waals surface area contributed by atoms with Gasteiger partial charge in [0.15, 0.2) is 11.6 Å². The number of anilines is 1. The third-order valence-corrected chi connectivity index (χ3v) is 5.25. The summed E-state index contributed by atoms with van der Waals surface area (Å²) < 4.78 is 10.6. The van der Waals surface area contributed by atoms with E-state index in [1.54, 1.807) is 19.5 Å². The first-order chi connectivity index (χ1) is 14.3. The number of benzene rings is 1. The summed E-state index contributed by atoms with van der Waals surface area (Å²) in [5, 5.41) is 0. The fraction of sp³-hybridized carbons (Fsp3) is 0.273. The Labute approximate surface area is 169 Å². The molecule has 7 heteroatoms. The van der Waals surface area contributed by atoms with Crippen molar-refractivity contribution in [2.75, 3.05) is 38.3 Å². The number of aliphatic imine (C=N–C) groups is 1. The normalized spacial score (nSPS) is 15.8. The van der Waals surface area contributed by atoms with Crippen LogP contribution in [0.3, 0.4) is 0 Å². The van der Waals surface area contributed by atoms with Gasteiger partial charge in [0.2, 0.25) is 0 Å². The van der Waals surface area contributed by atoms with Gasteiger partial charge in [-0.05, 0) is 23.8 Å². The topological polar surface area (TPSA) is 72.7 Å². The molecule has 0 unspecified atom stereocenters. The zero-order valence-corrected chi connectivity index (χ0v) is 16.2.